The summed E-state index contributed by atoms with van der Waals surface area (Å²) in [4.78, 5) is 18.8. The van der Waals surface area contributed by atoms with Crippen molar-refractivity contribution >= 4 is 5.78 Å². The maximum atomic E-state index is 12.1. The third kappa shape index (κ3) is 2.69. The van der Waals surface area contributed by atoms with Crippen LogP contribution in [0.4, 0.5) is 0 Å². The number of aromatic nitrogens is 2. The van der Waals surface area contributed by atoms with Gasteiger partial charge in [-0.25, -0.2) is 4.98 Å². The summed E-state index contributed by atoms with van der Waals surface area (Å²) in [6.45, 7) is 5.93. The summed E-state index contributed by atoms with van der Waals surface area (Å²) in [5.41, 5.74) is -0.0877. The number of nitrogens with one attached hydrogen (secondary N) is 1. The van der Waals surface area contributed by atoms with Crippen LogP contribution in [0.1, 0.15) is 56.3 Å². The largest absolute Gasteiger partial charge is 0.327 e. The Morgan fingerprint density at radius 1 is 1.62 bits per heavy atom. The highest BCUT2D eigenvalue weighted by Crippen LogP contribution is 2.27. The summed E-state index contributed by atoms with van der Waals surface area (Å²) in [5, 5.41) is 8.64. The summed E-state index contributed by atoms with van der Waals surface area (Å²) in [6.07, 6.45) is 4.32. The van der Waals surface area contributed by atoms with Gasteiger partial charge in [-0.3, -0.25) is 4.79 Å². The predicted molar refractivity (Wildman–Crippen MR) is 60.9 cm³/mol. The molecule has 0 saturated heterocycles. The first-order valence-electron chi connectivity index (χ1n) is 5.51. The van der Waals surface area contributed by atoms with Crippen LogP contribution in [-0.4, -0.2) is 15.8 Å². The number of imidazole rings is 1. The van der Waals surface area contributed by atoms with Gasteiger partial charge in [0.05, 0.1) is 6.20 Å². The third-order valence-electron chi connectivity index (χ3n) is 2.68. The smallest absolute Gasteiger partial charge is 0.203 e. The van der Waals surface area contributed by atoms with Gasteiger partial charge >= 0.3 is 0 Å². The van der Waals surface area contributed by atoms with E-state index in [0.717, 1.165) is 19.3 Å². The van der Waals surface area contributed by atoms with E-state index in [1.54, 1.807) is 0 Å². The van der Waals surface area contributed by atoms with E-state index in [2.05, 4.69) is 16.9 Å². The molecule has 1 aromatic rings. The number of nitrogens with zero attached hydrogens (tertiary/aromatic N) is 2. The van der Waals surface area contributed by atoms with E-state index < -0.39 is 5.41 Å². The highest BCUT2D eigenvalue weighted by molar-refractivity contribution is 5.96. The minimum Gasteiger partial charge on any atom is -0.327 e. The monoisotopic (exact) mass is 219 g/mol. The fourth-order valence-electron chi connectivity index (χ4n) is 1.55. The molecule has 0 aliphatic carbocycles. The number of nitriles is 1. The second-order valence-corrected chi connectivity index (χ2v) is 4.57. The van der Waals surface area contributed by atoms with Gasteiger partial charge in [-0.2, -0.15) is 5.26 Å². The fraction of sp³-hybridized carbons (Fsp3) is 0.583. The Morgan fingerprint density at radius 2 is 2.31 bits per heavy atom. The molecule has 0 saturated carbocycles. The summed E-state index contributed by atoms with van der Waals surface area (Å²) in [5.74, 6) is 0.264. The molecule has 4 heteroatoms. The maximum Gasteiger partial charge on any atom is 0.203 e. The summed E-state index contributed by atoms with van der Waals surface area (Å²) in [7, 11) is 0. The van der Waals surface area contributed by atoms with E-state index in [1.807, 2.05) is 19.9 Å². The van der Waals surface area contributed by atoms with Crippen molar-refractivity contribution in [3.8, 4) is 6.07 Å². The summed E-state index contributed by atoms with van der Waals surface area (Å²) >= 11 is 0. The first-order valence-corrected chi connectivity index (χ1v) is 5.51. The molecular weight excluding hydrogens is 202 g/mol. The van der Waals surface area contributed by atoms with Crippen molar-refractivity contribution in [2.45, 2.75) is 40.0 Å². The zero-order valence-electron chi connectivity index (χ0n) is 10.0. The number of Topliss-reactive ketones (excluding diaryl/α,β-unsaturated/α-hetero) is 1. The highest BCUT2D eigenvalue weighted by Gasteiger charge is 2.29. The molecule has 0 fully saturated rings. The topological polar surface area (TPSA) is 69.5 Å². The number of unbranched alkanes of at least 4 members (excludes halogenated alkanes) is 1. The van der Waals surface area contributed by atoms with Gasteiger partial charge in [0.15, 0.2) is 5.82 Å². The Bertz CT molecular complexity index is 412. The molecule has 0 bridgehead atoms. The molecule has 0 aliphatic heterocycles. The molecule has 86 valence electrons. The Kier molecular flexibility index (Phi) is 3.83. The van der Waals surface area contributed by atoms with Gasteiger partial charge < -0.3 is 4.98 Å². The van der Waals surface area contributed by atoms with Crippen molar-refractivity contribution in [2.24, 2.45) is 5.41 Å². The van der Waals surface area contributed by atoms with E-state index in [-0.39, 0.29) is 11.6 Å². The normalized spacial score (nSPS) is 11.1. The van der Waals surface area contributed by atoms with E-state index in [9.17, 15) is 4.79 Å². The van der Waals surface area contributed by atoms with Gasteiger partial charge in [0.1, 0.15) is 11.8 Å². The number of hydrogen-bond donors (Lipinski definition) is 1. The van der Waals surface area contributed by atoms with Gasteiger partial charge in [-0.05, 0) is 6.42 Å². The van der Waals surface area contributed by atoms with Crippen LogP contribution in [0.25, 0.3) is 0 Å². The Hall–Kier alpha value is -1.63. The SMILES string of the molecule is CCCCC(C)(C)C(=O)c1ncc(C#N)[nH]1. The molecular formula is C12H17N3O. The molecule has 0 aliphatic rings. The number of carbonyl (C=O) groups is 1. The van der Waals surface area contributed by atoms with Crippen molar-refractivity contribution in [3.63, 3.8) is 0 Å². The fourth-order valence-corrected chi connectivity index (χ4v) is 1.55. The van der Waals surface area contributed by atoms with Gasteiger partial charge in [-0.15, -0.1) is 0 Å². The molecule has 1 N–H and O–H groups in total. The quantitative estimate of drug-likeness (QED) is 0.774. The van der Waals surface area contributed by atoms with Crippen molar-refractivity contribution < 1.29 is 4.79 Å². The molecule has 0 spiro atoms. The molecule has 0 radical (unpaired) electrons. The number of rotatable bonds is 5. The molecule has 1 aromatic heterocycles. The molecule has 0 atom stereocenters. The van der Waals surface area contributed by atoms with Crippen LogP contribution in [-0.2, 0) is 0 Å². The molecule has 4 nitrogen and oxygen atoms in total. The summed E-state index contributed by atoms with van der Waals surface area (Å²) in [6, 6.07) is 1.93. The average molecular weight is 219 g/mol. The Labute approximate surface area is 95.7 Å². The van der Waals surface area contributed by atoms with Crippen LogP contribution in [0.2, 0.25) is 0 Å². The van der Waals surface area contributed by atoms with Gasteiger partial charge in [0, 0.05) is 5.41 Å². The molecule has 0 unspecified atom stereocenters. The van der Waals surface area contributed by atoms with E-state index in [4.69, 9.17) is 5.26 Å². The van der Waals surface area contributed by atoms with E-state index in [1.165, 1.54) is 6.20 Å². The standard InChI is InChI=1S/C12H17N3O/c1-4-5-6-12(2,3)10(16)11-14-8-9(7-13)15-11/h8H,4-6H2,1-3H3,(H,14,15). The lowest BCUT2D eigenvalue weighted by molar-refractivity contribution is 0.0813. The van der Waals surface area contributed by atoms with Crippen LogP contribution in [0.3, 0.4) is 0 Å². The number of hydrogen-bond acceptors (Lipinski definition) is 3. The lowest BCUT2D eigenvalue weighted by atomic mass is 9.82. The molecule has 0 amide bonds. The minimum atomic E-state index is -0.416. The number of ketones is 1. The highest BCUT2D eigenvalue weighted by atomic mass is 16.1. The Morgan fingerprint density at radius 3 is 2.81 bits per heavy atom. The molecule has 16 heavy (non-hydrogen) atoms. The van der Waals surface area contributed by atoms with Crippen molar-refractivity contribution in [1.82, 2.24) is 9.97 Å². The van der Waals surface area contributed by atoms with E-state index in [0.29, 0.717) is 5.69 Å². The second-order valence-electron chi connectivity index (χ2n) is 4.57. The van der Waals surface area contributed by atoms with E-state index >= 15 is 0 Å². The Balaban J connectivity index is 2.81. The number of carbonyl (C=O) groups excluding carboxylic acids is 1. The number of aromatic amines is 1. The van der Waals surface area contributed by atoms with Crippen LogP contribution in [0.5, 0.6) is 0 Å². The third-order valence-corrected chi connectivity index (χ3v) is 2.68. The number of H-pyrrole nitrogens is 1. The molecule has 1 heterocycles. The van der Waals surface area contributed by atoms with Gasteiger partial charge in [-0.1, -0.05) is 33.6 Å². The van der Waals surface area contributed by atoms with Crippen LogP contribution < -0.4 is 0 Å². The van der Waals surface area contributed by atoms with Gasteiger partial charge in [0.25, 0.3) is 0 Å². The first-order chi connectivity index (χ1) is 7.51. The van der Waals surface area contributed by atoms with Crippen molar-refractivity contribution in [1.29, 1.82) is 5.26 Å². The first kappa shape index (κ1) is 12.4. The second kappa shape index (κ2) is 4.93. The molecule has 0 aromatic carbocycles. The van der Waals surface area contributed by atoms with Crippen LogP contribution in [0.15, 0.2) is 6.20 Å². The lowest BCUT2D eigenvalue weighted by Gasteiger charge is -2.21. The average Bonchev–Trinajstić information content (AvgIpc) is 2.73. The van der Waals surface area contributed by atoms with Crippen molar-refractivity contribution in [3.05, 3.63) is 17.7 Å². The zero-order valence-corrected chi connectivity index (χ0v) is 10.0. The lowest BCUT2D eigenvalue weighted by Crippen LogP contribution is -2.25. The van der Waals surface area contributed by atoms with Crippen molar-refractivity contribution in [2.75, 3.05) is 0 Å². The molecule has 1 rings (SSSR count). The van der Waals surface area contributed by atoms with Crippen LogP contribution >= 0.6 is 0 Å². The predicted octanol–water partition coefficient (Wildman–Crippen LogP) is 2.68. The van der Waals surface area contributed by atoms with Gasteiger partial charge in [0.2, 0.25) is 5.78 Å². The summed E-state index contributed by atoms with van der Waals surface area (Å²) < 4.78 is 0. The zero-order chi connectivity index (χ0) is 12.2. The minimum absolute atomic E-state index is 0.0255. The maximum absolute atomic E-state index is 12.1. The van der Waals surface area contributed by atoms with Crippen LogP contribution in [0, 0.1) is 16.7 Å².